The minimum atomic E-state index is -2.24. The van der Waals surface area contributed by atoms with E-state index in [9.17, 15) is 26.7 Å². The van der Waals surface area contributed by atoms with Crippen molar-refractivity contribution in [3.8, 4) is 11.5 Å². The molecule has 9 heteroatoms. The van der Waals surface area contributed by atoms with Crippen LogP contribution in [0.15, 0.2) is 24.3 Å². The van der Waals surface area contributed by atoms with Crippen LogP contribution in [-0.2, 0) is 16.1 Å². The molecule has 0 unspecified atom stereocenters. The van der Waals surface area contributed by atoms with Crippen LogP contribution in [0.5, 0.6) is 11.5 Å². The fraction of sp³-hybridized carbons (Fsp3) is 0.211. The van der Waals surface area contributed by atoms with Crippen LogP contribution >= 0.6 is 0 Å². The van der Waals surface area contributed by atoms with Crippen molar-refractivity contribution in [2.45, 2.75) is 13.5 Å². The van der Waals surface area contributed by atoms with Crippen LogP contribution in [0.1, 0.15) is 18.1 Å². The average molecular weight is 402 g/mol. The summed E-state index contributed by atoms with van der Waals surface area (Å²) in [6, 6.07) is 4.36. The lowest BCUT2D eigenvalue weighted by Gasteiger charge is -2.14. The highest BCUT2D eigenvalue weighted by atomic mass is 19.2. The lowest BCUT2D eigenvalue weighted by atomic mass is 10.1. The number of hydrogen-bond donors (Lipinski definition) is 0. The summed E-state index contributed by atoms with van der Waals surface area (Å²) in [6.45, 7) is 0.722. The Kier molecular flexibility index (Phi) is 6.61. The van der Waals surface area contributed by atoms with E-state index in [4.69, 9.17) is 9.47 Å². The molecule has 0 bridgehead atoms. The van der Waals surface area contributed by atoms with Gasteiger partial charge in [0.15, 0.2) is 34.8 Å². The molecule has 2 rings (SSSR count). The fourth-order valence-electron chi connectivity index (χ4n) is 2.28. The van der Waals surface area contributed by atoms with Crippen LogP contribution in [0.25, 0.3) is 5.57 Å². The number of halogens is 5. The van der Waals surface area contributed by atoms with E-state index < -0.39 is 47.2 Å². The van der Waals surface area contributed by atoms with Crippen molar-refractivity contribution in [3.05, 3.63) is 64.5 Å². The molecule has 2 aromatic rings. The molecule has 0 atom stereocenters. The topological polar surface area (TPSA) is 44.8 Å². The van der Waals surface area contributed by atoms with Gasteiger partial charge in [0, 0.05) is 6.08 Å². The van der Waals surface area contributed by atoms with E-state index in [1.807, 2.05) is 0 Å². The highest BCUT2D eigenvalue weighted by molar-refractivity contribution is 5.91. The second-order valence-electron chi connectivity index (χ2n) is 5.55. The van der Waals surface area contributed by atoms with Crippen molar-refractivity contribution in [2.75, 3.05) is 14.2 Å². The predicted molar refractivity (Wildman–Crippen MR) is 89.2 cm³/mol. The third kappa shape index (κ3) is 4.24. The maximum Gasteiger partial charge on any atom is 0.330 e. The van der Waals surface area contributed by atoms with Gasteiger partial charge in [-0.2, -0.15) is 0 Å². The summed E-state index contributed by atoms with van der Waals surface area (Å²) in [5.74, 6) is -10.7. The van der Waals surface area contributed by atoms with Gasteiger partial charge in [0.05, 0.1) is 19.8 Å². The number of rotatable bonds is 6. The van der Waals surface area contributed by atoms with Crippen LogP contribution in [0.4, 0.5) is 22.0 Å². The average Bonchev–Trinajstić information content (AvgIpc) is 2.70. The summed E-state index contributed by atoms with van der Waals surface area (Å²) >= 11 is 0. The van der Waals surface area contributed by atoms with Crippen molar-refractivity contribution >= 4 is 11.5 Å². The first kappa shape index (κ1) is 21.2. The molecule has 0 N–H and O–H groups in total. The molecular weight excluding hydrogens is 387 g/mol. The number of carbonyl (C=O) groups excluding carboxylic acids is 1. The van der Waals surface area contributed by atoms with Crippen molar-refractivity contribution < 1.29 is 41.0 Å². The van der Waals surface area contributed by atoms with Gasteiger partial charge in [0.25, 0.3) is 0 Å². The van der Waals surface area contributed by atoms with Crippen molar-refractivity contribution in [1.29, 1.82) is 0 Å². The Labute approximate surface area is 157 Å². The van der Waals surface area contributed by atoms with Gasteiger partial charge >= 0.3 is 5.97 Å². The Bertz CT molecular complexity index is 911. The van der Waals surface area contributed by atoms with Gasteiger partial charge < -0.3 is 14.2 Å². The highest BCUT2D eigenvalue weighted by Crippen LogP contribution is 2.32. The standard InChI is InChI=1S/C19H15F5O4/c1-9(6-14(25)27-3)10-4-5-12(13(7-10)26-2)28-8-11-15(20)17(22)19(24)18(23)16(11)21/h4-7H,8H2,1-3H3/b9-6-. The van der Waals surface area contributed by atoms with E-state index in [1.165, 1.54) is 38.5 Å². The molecule has 0 fully saturated rings. The number of benzene rings is 2. The number of ether oxygens (including phenoxy) is 3. The van der Waals surface area contributed by atoms with Gasteiger partial charge in [-0.15, -0.1) is 0 Å². The first-order chi connectivity index (χ1) is 13.2. The largest absolute Gasteiger partial charge is 0.493 e. The number of carbonyl (C=O) groups is 1. The molecule has 0 aliphatic heterocycles. The monoisotopic (exact) mass is 402 g/mol. The van der Waals surface area contributed by atoms with Crippen LogP contribution in [0, 0.1) is 29.1 Å². The van der Waals surface area contributed by atoms with Crippen LogP contribution in [-0.4, -0.2) is 20.2 Å². The van der Waals surface area contributed by atoms with Crippen LogP contribution in [0.2, 0.25) is 0 Å². The van der Waals surface area contributed by atoms with E-state index in [0.717, 1.165) is 0 Å². The van der Waals surface area contributed by atoms with Crippen molar-refractivity contribution in [1.82, 2.24) is 0 Å². The molecule has 28 heavy (non-hydrogen) atoms. The molecule has 0 spiro atoms. The Morgan fingerprint density at radius 2 is 1.50 bits per heavy atom. The molecule has 0 amide bonds. The summed E-state index contributed by atoms with van der Waals surface area (Å²) in [5.41, 5.74) is -0.00778. The SMILES string of the molecule is COC(=O)/C=C(/C)c1ccc(OCc2c(F)c(F)c(F)c(F)c2F)c(OC)c1. The maximum atomic E-state index is 13.7. The Hall–Kier alpha value is -3.10. The number of esters is 1. The zero-order valence-electron chi connectivity index (χ0n) is 15.0. The summed E-state index contributed by atoms with van der Waals surface area (Å²) in [5, 5.41) is 0. The summed E-state index contributed by atoms with van der Waals surface area (Å²) < 4.78 is 81.9. The minimum absolute atomic E-state index is 0.000981. The molecule has 0 saturated heterocycles. The van der Waals surface area contributed by atoms with Crippen LogP contribution in [0.3, 0.4) is 0 Å². The van der Waals surface area contributed by atoms with Gasteiger partial charge in [-0.25, -0.2) is 26.7 Å². The third-order valence-corrected chi connectivity index (χ3v) is 3.83. The fourth-order valence-corrected chi connectivity index (χ4v) is 2.28. The van der Waals surface area contributed by atoms with E-state index in [1.54, 1.807) is 6.92 Å². The van der Waals surface area contributed by atoms with Crippen LogP contribution < -0.4 is 9.47 Å². The Morgan fingerprint density at radius 1 is 0.929 bits per heavy atom. The Balaban J connectivity index is 2.31. The molecule has 0 saturated carbocycles. The first-order valence-electron chi connectivity index (χ1n) is 7.79. The van der Waals surface area contributed by atoms with Gasteiger partial charge in [-0.3, -0.25) is 0 Å². The quantitative estimate of drug-likeness (QED) is 0.234. The lowest BCUT2D eigenvalue weighted by molar-refractivity contribution is -0.134. The van der Waals surface area contributed by atoms with Gasteiger partial charge in [-0.1, -0.05) is 6.07 Å². The lowest BCUT2D eigenvalue weighted by Crippen LogP contribution is -2.10. The van der Waals surface area contributed by atoms with Gasteiger partial charge in [-0.05, 0) is 30.2 Å². The second kappa shape index (κ2) is 8.73. The molecule has 150 valence electrons. The van der Waals surface area contributed by atoms with Gasteiger partial charge in [0.1, 0.15) is 6.61 Å². The highest BCUT2D eigenvalue weighted by Gasteiger charge is 2.26. The normalized spacial score (nSPS) is 11.4. The molecule has 2 aromatic carbocycles. The van der Waals surface area contributed by atoms with E-state index in [-0.39, 0.29) is 11.5 Å². The molecular formula is C19H15F5O4. The molecule has 0 radical (unpaired) electrons. The molecule has 0 aliphatic carbocycles. The predicted octanol–water partition coefficient (Wildman–Crippen LogP) is 4.55. The smallest absolute Gasteiger partial charge is 0.330 e. The van der Waals surface area contributed by atoms with E-state index in [2.05, 4.69) is 4.74 Å². The summed E-state index contributed by atoms with van der Waals surface area (Å²) in [4.78, 5) is 11.3. The van der Waals surface area contributed by atoms with E-state index >= 15 is 0 Å². The summed E-state index contributed by atoms with van der Waals surface area (Å²) in [6.07, 6.45) is 1.24. The third-order valence-electron chi connectivity index (χ3n) is 3.83. The zero-order chi connectivity index (χ0) is 21.0. The van der Waals surface area contributed by atoms with Gasteiger partial charge in [0.2, 0.25) is 5.82 Å². The molecule has 4 nitrogen and oxygen atoms in total. The molecule has 0 heterocycles. The second-order valence-corrected chi connectivity index (χ2v) is 5.55. The maximum absolute atomic E-state index is 13.7. The first-order valence-corrected chi connectivity index (χ1v) is 7.79. The number of allylic oxidation sites excluding steroid dienone is 1. The number of methoxy groups -OCH3 is 2. The number of hydrogen-bond acceptors (Lipinski definition) is 4. The Morgan fingerprint density at radius 3 is 2.04 bits per heavy atom. The van der Waals surface area contributed by atoms with Crippen molar-refractivity contribution in [3.63, 3.8) is 0 Å². The van der Waals surface area contributed by atoms with Crippen molar-refractivity contribution in [2.24, 2.45) is 0 Å². The minimum Gasteiger partial charge on any atom is -0.493 e. The molecule has 0 aliphatic rings. The van der Waals surface area contributed by atoms with E-state index in [0.29, 0.717) is 11.1 Å². The zero-order valence-corrected chi connectivity index (χ0v) is 15.0. The summed E-state index contributed by atoms with van der Waals surface area (Å²) in [7, 11) is 2.52. The molecule has 0 aromatic heterocycles.